The van der Waals surface area contributed by atoms with Crippen molar-refractivity contribution in [3.63, 3.8) is 0 Å². The summed E-state index contributed by atoms with van der Waals surface area (Å²) in [6, 6.07) is 4.79. The molecule has 1 aliphatic carbocycles. The lowest BCUT2D eigenvalue weighted by molar-refractivity contribution is -0.137. The Morgan fingerprint density at radius 1 is 0.857 bits per heavy atom. The lowest BCUT2D eigenvalue weighted by Crippen LogP contribution is -2.42. The maximum Gasteiger partial charge on any atom is 0.322 e. The van der Waals surface area contributed by atoms with E-state index >= 15 is 0 Å². The second kappa shape index (κ2) is 9.31. The van der Waals surface area contributed by atoms with Crippen LogP contribution in [0.2, 0.25) is 0 Å². The van der Waals surface area contributed by atoms with Crippen LogP contribution in [0.4, 0.5) is 5.69 Å². The highest BCUT2D eigenvalue weighted by atomic mass is 32.2. The molecule has 4 amide bonds. The fourth-order valence-electron chi connectivity index (χ4n) is 2.74. The van der Waals surface area contributed by atoms with Gasteiger partial charge >= 0.3 is 23.6 Å². The molecule has 1 aromatic rings. The summed E-state index contributed by atoms with van der Waals surface area (Å²) in [6.07, 6.45) is 4.83. The van der Waals surface area contributed by atoms with Crippen LogP contribution in [0.5, 0.6) is 0 Å². The smallest absolute Gasteiger partial charge is 0.322 e. The predicted octanol–water partition coefficient (Wildman–Crippen LogP) is -0.375. The predicted molar refractivity (Wildman–Crippen MR) is 99.5 cm³/mol. The van der Waals surface area contributed by atoms with Crippen molar-refractivity contribution in [3.05, 3.63) is 24.3 Å². The van der Waals surface area contributed by atoms with E-state index in [0.29, 0.717) is 0 Å². The second-order valence-electron chi connectivity index (χ2n) is 6.30. The number of carbonyl (C=O) groups excluding carboxylic acids is 4. The maximum atomic E-state index is 12.1. The number of benzene rings is 1. The number of rotatable bonds is 4. The number of hydrogen-bond acceptors (Lipinski definition) is 6. The fourth-order valence-corrected chi connectivity index (χ4v) is 3.69. The molecule has 1 aliphatic rings. The van der Waals surface area contributed by atoms with Crippen LogP contribution in [0.3, 0.4) is 0 Å². The van der Waals surface area contributed by atoms with Crippen LogP contribution >= 0.6 is 0 Å². The third-order valence-corrected chi connectivity index (χ3v) is 5.58. The Kier molecular flexibility index (Phi) is 7.10. The summed E-state index contributed by atoms with van der Waals surface area (Å²) in [5.41, 5.74) is 0.209. The molecule has 0 aromatic heterocycles. The summed E-state index contributed by atoms with van der Waals surface area (Å²) in [4.78, 5) is 46.2. The number of carbonyl (C=O) groups is 4. The topological polar surface area (TPSA) is 151 Å². The first kappa shape index (κ1) is 21.4. The molecule has 1 saturated carbocycles. The zero-order valence-electron chi connectivity index (χ0n) is 15.3. The van der Waals surface area contributed by atoms with Crippen molar-refractivity contribution < 1.29 is 27.6 Å². The van der Waals surface area contributed by atoms with Gasteiger partial charge in [-0.05, 0) is 37.1 Å². The number of amides is 4. The SMILES string of the molecule is CNC(=O)C(=O)NS(=O)(=O)c1ccc(NC(=O)C(=O)NC2CCCCC2)cc1. The van der Waals surface area contributed by atoms with E-state index in [1.54, 1.807) is 4.72 Å². The second-order valence-corrected chi connectivity index (χ2v) is 7.98. The van der Waals surface area contributed by atoms with Crippen LogP contribution in [-0.4, -0.2) is 45.1 Å². The molecule has 0 bridgehead atoms. The lowest BCUT2D eigenvalue weighted by atomic mass is 9.95. The number of likely N-dealkylation sites (N-methyl/N-ethyl adjacent to an activating group) is 1. The van der Waals surface area contributed by atoms with Gasteiger partial charge < -0.3 is 16.0 Å². The van der Waals surface area contributed by atoms with Gasteiger partial charge in [0, 0.05) is 18.8 Å². The Morgan fingerprint density at radius 3 is 2.04 bits per heavy atom. The van der Waals surface area contributed by atoms with Crippen LogP contribution in [0, 0.1) is 0 Å². The number of anilines is 1. The number of nitrogens with one attached hydrogen (secondary N) is 4. The Morgan fingerprint density at radius 2 is 1.46 bits per heavy atom. The van der Waals surface area contributed by atoms with Crippen molar-refractivity contribution in [1.29, 1.82) is 0 Å². The van der Waals surface area contributed by atoms with Gasteiger partial charge in [-0.15, -0.1) is 0 Å². The lowest BCUT2D eigenvalue weighted by Gasteiger charge is -2.22. The summed E-state index contributed by atoms with van der Waals surface area (Å²) in [5.74, 6) is -4.02. The van der Waals surface area contributed by atoms with Crippen molar-refractivity contribution in [3.8, 4) is 0 Å². The molecule has 1 fully saturated rings. The minimum Gasteiger partial charge on any atom is -0.351 e. The van der Waals surface area contributed by atoms with Crippen LogP contribution in [0.1, 0.15) is 32.1 Å². The van der Waals surface area contributed by atoms with Crippen LogP contribution in [0.25, 0.3) is 0 Å². The Balaban J connectivity index is 1.95. The van der Waals surface area contributed by atoms with E-state index in [9.17, 15) is 27.6 Å². The van der Waals surface area contributed by atoms with Gasteiger partial charge in [-0.3, -0.25) is 19.2 Å². The molecular weight excluding hydrogens is 388 g/mol. The first-order valence-electron chi connectivity index (χ1n) is 8.73. The van der Waals surface area contributed by atoms with Crippen LogP contribution in [-0.2, 0) is 29.2 Å². The molecular formula is C17H22N4O6S. The van der Waals surface area contributed by atoms with Gasteiger partial charge in [0.05, 0.1) is 4.90 Å². The molecule has 28 heavy (non-hydrogen) atoms. The molecule has 152 valence electrons. The molecule has 0 aliphatic heterocycles. The van der Waals surface area contributed by atoms with Crippen LogP contribution in [0.15, 0.2) is 29.2 Å². The first-order chi connectivity index (χ1) is 13.2. The van der Waals surface area contributed by atoms with E-state index < -0.39 is 33.7 Å². The monoisotopic (exact) mass is 410 g/mol. The zero-order valence-corrected chi connectivity index (χ0v) is 16.1. The Labute approximate surface area is 162 Å². The molecule has 0 spiro atoms. The van der Waals surface area contributed by atoms with Gasteiger partial charge in [0.2, 0.25) is 0 Å². The van der Waals surface area contributed by atoms with E-state index in [2.05, 4.69) is 10.6 Å². The van der Waals surface area contributed by atoms with E-state index in [-0.39, 0.29) is 16.6 Å². The average Bonchev–Trinajstić information content (AvgIpc) is 2.68. The molecule has 0 heterocycles. The third kappa shape index (κ3) is 5.78. The largest absolute Gasteiger partial charge is 0.351 e. The van der Waals surface area contributed by atoms with Gasteiger partial charge in [0.15, 0.2) is 0 Å². The van der Waals surface area contributed by atoms with E-state index in [1.807, 2.05) is 5.32 Å². The molecule has 0 atom stereocenters. The van der Waals surface area contributed by atoms with Crippen LogP contribution < -0.4 is 20.7 Å². The summed E-state index contributed by atoms with van der Waals surface area (Å²) in [5, 5.41) is 7.07. The van der Waals surface area contributed by atoms with E-state index in [0.717, 1.165) is 44.2 Å². The first-order valence-corrected chi connectivity index (χ1v) is 10.2. The molecule has 4 N–H and O–H groups in total. The Hall–Kier alpha value is -2.95. The number of sulfonamides is 1. The maximum absolute atomic E-state index is 12.1. The van der Waals surface area contributed by atoms with Gasteiger partial charge in [-0.25, -0.2) is 13.1 Å². The molecule has 0 saturated heterocycles. The molecule has 1 aromatic carbocycles. The van der Waals surface area contributed by atoms with Crippen molar-refractivity contribution in [2.75, 3.05) is 12.4 Å². The molecule has 0 unspecified atom stereocenters. The normalized spacial score (nSPS) is 14.6. The van der Waals surface area contributed by atoms with Gasteiger partial charge in [0.25, 0.3) is 10.0 Å². The summed E-state index contributed by atoms with van der Waals surface area (Å²) in [7, 11) is -3.06. The van der Waals surface area contributed by atoms with Crippen molar-refractivity contribution in [1.82, 2.24) is 15.4 Å². The van der Waals surface area contributed by atoms with Crippen molar-refractivity contribution in [2.24, 2.45) is 0 Å². The summed E-state index contributed by atoms with van der Waals surface area (Å²) < 4.78 is 25.7. The van der Waals surface area contributed by atoms with Crippen molar-refractivity contribution in [2.45, 2.75) is 43.0 Å². The third-order valence-electron chi connectivity index (χ3n) is 4.23. The quantitative estimate of drug-likeness (QED) is 0.497. The average molecular weight is 410 g/mol. The standard InChI is InChI=1S/C17H22N4O6S/c1-18-14(22)17(25)21-28(26,27)13-9-7-12(8-10-13)20-16(24)15(23)19-11-5-3-2-4-6-11/h7-11H,2-6H2,1H3,(H,18,22)(H,19,23)(H,20,24)(H,21,25). The highest BCUT2D eigenvalue weighted by molar-refractivity contribution is 7.90. The highest BCUT2D eigenvalue weighted by Crippen LogP contribution is 2.17. The minimum absolute atomic E-state index is 0.0107. The van der Waals surface area contributed by atoms with Crippen molar-refractivity contribution >= 4 is 39.3 Å². The van der Waals surface area contributed by atoms with Gasteiger partial charge in [-0.2, -0.15) is 0 Å². The Bertz CT molecular complexity index is 860. The molecule has 10 nitrogen and oxygen atoms in total. The van der Waals surface area contributed by atoms with E-state index in [1.165, 1.54) is 19.2 Å². The van der Waals surface area contributed by atoms with E-state index in [4.69, 9.17) is 0 Å². The zero-order chi connectivity index (χ0) is 20.7. The summed E-state index contributed by atoms with van der Waals surface area (Å²) in [6.45, 7) is 0. The van der Waals surface area contributed by atoms with Gasteiger partial charge in [-0.1, -0.05) is 19.3 Å². The summed E-state index contributed by atoms with van der Waals surface area (Å²) >= 11 is 0. The molecule has 2 rings (SSSR count). The van der Waals surface area contributed by atoms with Gasteiger partial charge in [0.1, 0.15) is 0 Å². The number of hydrogen-bond donors (Lipinski definition) is 4. The highest BCUT2D eigenvalue weighted by Gasteiger charge is 2.23. The molecule has 0 radical (unpaired) electrons. The molecule has 11 heteroatoms. The minimum atomic E-state index is -4.25. The fraction of sp³-hybridized carbons (Fsp3) is 0.412.